The largest absolute Gasteiger partial charge is 0.493 e. The first-order valence-corrected chi connectivity index (χ1v) is 7.97. The van der Waals surface area contributed by atoms with Crippen molar-refractivity contribution < 1.29 is 24.5 Å². The fourth-order valence-electron chi connectivity index (χ4n) is 2.92. The topological polar surface area (TPSA) is 137 Å². The molecule has 2 aromatic heterocycles. The summed E-state index contributed by atoms with van der Waals surface area (Å²) in [7, 11) is 0. The number of carboxylic acid groups (broad SMARTS) is 1. The number of carbonyl (C=O) groups is 1. The highest BCUT2D eigenvalue weighted by Crippen LogP contribution is 2.29. The van der Waals surface area contributed by atoms with Gasteiger partial charge in [0.05, 0.1) is 12.1 Å². The van der Waals surface area contributed by atoms with Gasteiger partial charge in [-0.3, -0.25) is 9.36 Å². The van der Waals surface area contributed by atoms with E-state index in [1.165, 1.54) is 13.0 Å². The first kappa shape index (κ1) is 17.9. The molecule has 2 heterocycles. The summed E-state index contributed by atoms with van der Waals surface area (Å²) in [6, 6.07) is 3.65. The molecule has 0 spiro atoms. The van der Waals surface area contributed by atoms with E-state index in [-0.39, 0.29) is 23.8 Å². The van der Waals surface area contributed by atoms with E-state index in [4.69, 9.17) is 10.8 Å². The zero-order valence-corrected chi connectivity index (χ0v) is 14.0. The molecule has 0 saturated heterocycles. The van der Waals surface area contributed by atoms with Crippen LogP contribution in [0.3, 0.4) is 0 Å². The van der Waals surface area contributed by atoms with Crippen molar-refractivity contribution >= 4 is 16.9 Å². The predicted octanol–water partition coefficient (Wildman–Crippen LogP) is 1.27. The van der Waals surface area contributed by atoms with Crippen molar-refractivity contribution in [1.29, 1.82) is 0 Å². The molecular weight excluding hydrogens is 343 g/mol. The molecule has 0 amide bonds. The molecule has 9 heteroatoms. The quantitative estimate of drug-likeness (QED) is 0.448. The molecule has 3 rings (SSSR count). The summed E-state index contributed by atoms with van der Waals surface area (Å²) in [6.07, 6.45) is 0.680. The zero-order valence-electron chi connectivity index (χ0n) is 14.0. The highest BCUT2D eigenvalue weighted by atomic mass is 19.1. The fourth-order valence-corrected chi connectivity index (χ4v) is 2.92. The molecule has 0 aliphatic rings. The number of aromatic amines is 1. The van der Waals surface area contributed by atoms with E-state index in [0.29, 0.717) is 16.5 Å². The number of rotatable bonds is 6. The standard InChI is InChI=1S/C17H19FN4O4/c1-8(23)15(19)16-21-12(17(26)22(16)7-13(24)25)5-9-6-20-11-4-2-3-10(18)14(9)11/h2-4,6,8,15,20,23,26H,5,7,19H2,1H3,(H,24,25)/t8-,15-/m0/s1. The first-order chi connectivity index (χ1) is 12.3. The summed E-state index contributed by atoms with van der Waals surface area (Å²) in [5.74, 6) is -1.93. The van der Waals surface area contributed by atoms with Crippen LogP contribution in [-0.4, -0.2) is 41.9 Å². The van der Waals surface area contributed by atoms with Crippen molar-refractivity contribution in [3.05, 3.63) is 47.3 Å². The van der Waals surface area contributed by atoms with Crippen LogP contribution in [-0.2, 0) is 17.8 Å². The molecule has 3 aromatic rings. The number of carboxylic acids is 1. The molecule has 0 aliphatic carbocycles. The minimum atomic E-state index is -1.19. The van der Waals surface area contributed by atoms with Crippen molar-refractivity contribution in [3.63, 3.8) is 0 Å². The number of nitrogens with zero attached hydrogens (tertiary/aromatic N) is 2. The molecule has 0 saturated carbocycles. The molecule has 0 fully saturated rings. The monoisotopic (exact) mass is 362 g/mol. The molecule has 6 N–H and O–H groups in total. The Morgan fingerprint density at radius 3 is 2.85 bits per heavy atom. The molecule has 0 bridgehead atoms. The summed E-state index contributed by atoms with van der Waals surface area (Å²) in [5, 5.41) is 29.6. The fraction of sp³-hybridized carbons (Fsp3) is 0.294. The van der Waals surface area contributed by atoms with Crippen molar-refractivity contribution in [2.24, 2.45) is 5.73 Å². The maximum atomic E-state index is 14.1. The Morgan fingerprint density at radius 2 is 2.19 bits per heavy atom. The third kappa shape index (κ3) is 3.14. The number of nitrogens with one attached hydrogen (secondary N) is 1. The number of imidazole rings is 1. The number of aromatic nitrogens is 3. The van der Waals surface area contributed by atoms with Crippen molar-refractivity contribution in [2.45, 2.75) is 32.0 Å². The van der Waals surface area contributed by atoms with Crippen LogP contribution in [0, 0.1) is 5.82 Å². The van der Waals surface area contributed by atoms with Crippen LogP contribution in [0.4, 0.5) is 4.39 Å². The van der Waals surface area contributed by atoms with E-state index in [9.17, 15) is 19.4 Å². The van der Waals surface area contributed by atoms with Crippen LogP contribution < -0.4 is 5.73 Å². The average molecular weight is 362 g/mol. The van der Waals surface area contributed by atoms with E-state index >= 15 is 0 Å². The Morgan fingerprint density at radius 1 is 1.46 bits per heavy atom. The van der Waals surface area contributed by atoms with Gasteiger partial charge in [0.15, 0.2) is 0 Å². The number of fused-ring (bicyclic) bond motifs is 1. The third-order valence-corrected chi connectivity index (χ3v) is 4.25. The Kier molecular flexibility index (Phi) is 4.66. The molecule has 0 aliphatic heterocycles. The molecule has 138 valence electrons. The lowest BCUT2D eigenvalue weighted by Crippen LogP contribution is -2.27. The van der Waals surface area contributed by atoms with Crippen molar-refractivity contribution in [3.8, 4) is 5.88 Å². The molecule has 8 nitrogen and oxygen atoms in total. The number of benzene rings is 1. The van der Waals surface area contributed by atoms with Crippen molar-refractivity contribution in [1.82, 2.24) is 14.5 Å². The van der Waals surface area contributed by atoms with E-state index in [1.807, 2.05) is 0 Å². The van der Waals surface area contributed by atoms with Crippen LogP contribution in [0.5, 0.6) is 5.88 Å². The average Bonchev–Trinajstić information content (AvgIpc) is 3.11. The number of aliphatic hydroxyl groups excluding tert-OH is 1. The summed E-state index contributed by atoms with van der Waals surface area (Å²) >= 11 is 0. The number of hydrogen-bond acceptors (Lipinski definition) is 5. The lowest BCUT2D eigenvalue weighted by atomic mass is 10.1. The second-order valence-electron chi connectivity index (χ2n) is 6.14. The van der Waals surface area contributed by atoms with Crippen LogP contribution in [0.1, 0.15) is 30.0 Å². The number of H-pyrrole nitrogens is 1. The molecular formula is C17H19FN4O4. The maximum Gasteiger partial charge on any atom is 0.323 e. The smallest absolute Gasteiger partial charge is 0.323 e. The third-order valence-electron chi connectivity index (χ3n) is 4.25. The number of halogens is 1. The van der Waals surface area contributed by atoms with Gasteiger partial charge in [0.1, 0.15) is 23.9 Å². The van der Waals surface area contributed by atoms with Gasteiger partial charge >= 0.3 is 5.97 Å². The van der Waals surface area contributed by atoms with Crippen LogP contribution in [0.25, 0.3) is 10.9 Å². The second kappa shape index (κ2) is 6.77. The number of nitrogens with two attached hydrogens (primary N) is 1. The molecule has 0 unspecified atom stereocenters. The molecule has 26 heavy (non-hydrogen) atoms. The Hall–Kier alpha value is -2.91. The maximum absolute atomic E-state index is 14.1. The number of aromatic hydroxyl groups is 1. The summed E-state index contributed by atoms with van der Waals surface area (Å²) in [5.41, 5.74) is 7.20. The van der Waals surface area contributed by atoms with Crippen LogP contribution in [0.2, 0.25) is 0 Å². The number of hydrogen-bond donors (Lipinski definition) is 5. The summed E-state index contributed by atoms with van der Waals surface area (Å²) < 4.78 is 15.2. The van der Waals surface area contributed by atoms with Crippen molar-refractivity contribution in [2.75, 3.05) is 0 Å². The van der Waals surface area contributed by atoms with E-state index < -0.39 is 30.5 Å². The highest BCUT2D eigenvalue weighted by molar-refractivity contribution is 5.84. The van der Waals surface area contributed by atoms with E-state index in [1.54, 1.807) is 18.3 Å². The van der Waals surface area contributed by atoms with Gasteiger partial charge in [0.25, 0.3) is 0 Å². The summed E-state index contributed by atoms with van der Waals surface area (Å²) in [4.78, 5) is 18.3. The number of aliphatic hydroxyl groups is 1. The summed E-state index contributed by atoms with van der Waals surface area (Å²) in [6.45, 7) is 0.882. The molecule has 2 atom stereocenters. The Labute approximate surface area is 147 Å². The van der Waals surface area contributed by atoms with Gasteiger partial charge in [-0.05, 0) is 24.6 Å². The highest BCUT2D eigenvalue weighted by Gasteiger charge is 2.26. The van der Waals surface area contributed by atoms with Gasteiger partial charge < -0.3 is 26.0 Å². The predicted molar refractivity (Wildman–Crippen MR) is 91.2 cm³/mol. The van der Waals surface area contributed by atoms with Gasteiger partial charge in [-0.15, -0.1) is 0 Å². The molecule has 1 aromatic carbocycles. The normalized spacial score (nSPS) is 13.8. The van der Waals surface area contributed by atoms with Gasteiger partial charge in [0, 0.05) is 23.5 Å². The van der Waals surface area contributed by atoms with Crippen LogP contribution >= 0.6 is 0 Å². The first-order valence-electron chi connectivity index (χ1n) is 7.97. The minimum absolute atomic E-state index is 0.0511. The minimum Gasteiger partial charge on any atom is -0.493 e. The van der Waals surface area contributed by atoms with Crippen LogP contribution in [0.15, 0.2) is 24.4 Å². The lowest BCUT2D eigenvalue weighted by molar-refractivity contribution is -0.137. The van der Waals surface area contributed by atoms with Gasteiger partial charge in [-0.1, -0.05) is 6.07 Å². The van der Waals surface area contributed by atoms with Gasteiger partial charge in [-0.25, -0.2) is 9.37 Å². The lowest BCUT2D eigenvalue weighted by Gasteiger charge is -2.15. The number of aliphatic carboxylic acids is 1. The molecule has 0 radical (unpaired) electrons. The Balaban J connectivity index is 2.06. The Bertz CT molecular complexity index is 963. The van der Waals surface area contributed by atoms with Gasteiger partial charge in [-0.2, -0.15) is 0 Å². The second-order valence-corrected chi connectivity index (χ2v) is 6.14. The SMILES string of the molecule is C[C@H](O)[C@H](N)c1nc(Cc2c[nH]c3cccc(F)c23)c(O)n1CC(=O)O. The van der Waals surface area contributed by atoms with E-state index in [0.717, 1.165) is 4.57 Å². The van der Waals surface area contributed by atoms with Gasteiger partial charge in [0.2, 0.25) is 5.88 Å². The zero-order chi connectivity index (χ0) is 19.0. The van der Waals surface area contributed by atoms with E-state index in [2.05, 4.69) is 9.97 Å².